The van der Waals surface area contributed by atoms with Gasteiger partial charge in [-0.25, -0.2) is 0 Å². The van der Waals surface area contributed by atoms with Crippen molar-refractivity contribution in [1.82, 2.24) is 0 Å². The summed E-state index contributed by atoms with van der Waals surface area (Å²) in [5.74, 6) is 0. The second-order valence-corrected chi connectivity index (χ2v) is 5.55. The lowest BCUT2D eigenvalue weighted by atomic mass is 10.5. The Bertz CT molecular complexity index is 44.4. The molecule has 0 unspecified atom stereocenters. The summed E-state index contributed by atoms with van der Waals surface area (Å²) in [5.41, 5.74) is 0. The van der Waals surface area contributed by atoms with Gasteiger partial charge in [-0.05, 0) is 13.8 Å². The molecule has 0 fully saturated rings. The van der Waals surface area contributed by atoms with Crippen LogP contribution in [0.4, 0.5) is 0 Å². The van der Waals surface area contributed by atoms with E-state index >= 15 is 0 Å². The highest BCUT2D eigenvalue weighted by Gasteiger charge is 1.79. The van der Waals surface area contributed by atoms with Crippen molar-refractivity contribution in [3.05, 3.63) is 0 Å². The maximum atomic E-state index is 8.06. The molecule has 0 rings (SSSR count). The Morgan fingerprint density at radius 3 is 0.750 bits per heavy atom. The van der Waals surface area contributed by atoms with Crippen LogP contribution in [0.2, 0.25) is 0 Å². The minimum absolute atomic E-state index is 0.167. The summed E-state index contributed by atoms with van der Waals surface area (Å²) in [4.78, 5) is 0. The lowest BCUT2D eigenvalue weighted by Gasteiger charge is -1.80. The fraction of sp³-hybridized carbons (Fsp3) is 1.00. The molecular formula is C5H10Cl6O. The molecule has 0 saturated carbocycles. The number of aliphatic hydroxyl groups is 1. The largest absolute Gasteiger partial charge is 0.394 e. The molecule has 12 heavy (non-hydrogen) atoms. The zero-order valence-electron chi connectivity index (χ0n) is 6.45. The summed E-state index contributed by atoms with van der Waals surface area (Å²) in [7, 11) is 0. The maximum absolute atomic E-state index is 8.06. The van der Waals surface area contributed by atoms with Crippen LogP contribution in [0.1, 0.15) is 13.8 Å². The molecule has 1 N–H and O–H groups in total. The third-order valence-corrected chi connectivity index (χ3v) is 0. The monoisotopic (exact) mass is 296 g/mol. The van der Waals surface area contributed by atoms with Gasteiger partial charge >= 0.3 is 0 Å². The van der Waals surface area contributed by atoms with Crippen molar-refractivity contribution >= 4 is 69.6 Å². The fourth-order valence-electron chi connectivity index (χ4n) is 0. The Kier molecular flexibility index (Phi) is 24.4. The van der Waals surface area contributed by atoms with Crippen LogP contribution < -0.4 is 0 Å². The molecule has 1 nitrogen and oxygen atoms in total. The van der Waals surface area contributed by atoms with Crippen LogP contribution in [0.5, 0.6) is 0 Å². The summed E-state index contributed by atoms with van der Waals surface area (Å²) < 4.78 is -1.50. The predicted molar refractivity (Wildman–Crippen MR) is 60.0 cm³/mol. The Labute approximate surface area is 103 Å². The first-order valence-corrected chi connectivity index (χ1v) is 5.34. The minimum Gasteiger partial charge on any atom is -0.394 e. The number of aliphatic hydroxyl groups excluding tert-OH is 1. The maximum Gasteiger partial charge on any atom is 0.180 e. The van der Waals surface area contributed by atoms with Crippen LogP contribution in [0.3, 0.4) is 0 Å². The molecule has 0 bridgehead atoms. The summed E-state index contributed by atoms with van der Waals surface area (Å²) in [5, 5.41) is 8.06. The number of halogens is 6. The normalized spacial score (nSPS) is 9.00. The molecule has 7 heteroatoms. The van der Waals surface area contributed by atoms with Gasteiger partial charge in [-0.3, -0.25) is 0 Å². The van der Waals surface area contributed by atoms with Crippen LogP contribution in [-0.4, -0.2) is 19.8 Å². The number of alkyl halides is 6. The van der Waals surface area contributed by atoms with E-state index in [1.54, 1.807) is 13.8 Å². The Morgan fingerprint density at radius 2 is 0.750 bits per heavy atom. The molecule has 0 spiro atoms. The van der Waals surface area contributed by atoms with Gasteiger partial charge in [-0.15, -0.1) is 0 Å². The average molecular weight is 299 g/mol. The van der Waals surface area contributed by atoms with E-state index in [1.807, 2.05) is 0 Å². The Hall–Kier alpha value is 1.70. The molecule has 0 aromatic rings. The van der Waals surface area contributed by atoms with Crippen molar-refractivity contribution in [3.63, 3.8) is 0 Å². The summed E-state index contributed by atoms with van der Waals surface area (Å²) in [6.45, 7) is 3.44. The summed E-state index contributed by atoms with van der Waals surface area (Å²) in [6.07, 6.45) is -0.167. The van der Waals surface area contributed by atoms with Crippen LogP contribution >= 0.6 is 69.6 Å². The number of hydrogen-bond acceptors (Lipinski definition) is 1. The molecule has 0 aliphatic rings. The molecule has 0 aromatic heterocycles. The molecule has 0 radical (unpaired) electrons. The Balaban J connectivity index is -0.000000101. The fourth-order valence-corrected chi connectivity index (χ4v) is 0. The molecule has 78 valence electrons. The van der Waals surface area contributed by atoms with E-state index in [9.17, 15) is 0 Å². The predicted octanol–water partition coefficient (Wildman–Crippen LogP) is 4.36. The van der Waals surface area contributed by atoms with E-state index < -0.39 is 8.59 Å². The first-order valence-electron chi connectivity index (χ1n) is 2.72. The number of rotatable bonds is 0. The van der Waals surface area contributed by atoms with Gasteiger partial charge < -0.3 is 5.11 Å². The van der Waals surface area contributed by atoms with E-state index in [0.717, 1.165) is 0 Å². The minimum atomic E-state index is -0.750. The number of hydrogen-bond donors (Lipinski definition) is 1. The van der Waals surface area contributed by atoms with Crippen molar-refractivity contribution in [2.45, 2.75) is 28.5 Å². The lowest BCUT2D eigenvalue weighted by Crippen LogP contribution is -1.85. The molecule has 0 heterocycles. The van der Waals surface area contributed by atoms with Gasteiger partial charge in [-0.1, -0.05) is 69.6 Å². The van der Waals surface area contributed by atoms with Gasteiger partial charge in [0.1, 0.15) is 0 Å². The molecular weight excluding hydrogens is 289 g/mol. The zero-order valence-corrected chi connectivity index (χ0v) is 11.0. The van der Waals surface area contributed by atoms with Gasteiger partial charge in [0.05, 0.1) is 0 Å². The first kappa shape index (κ1) is 19.3. The van der Waals surface area contributed by atoms with Gasteiger partial charge in [0.2, 0.25) is 0 Å². The third kappa shape index (κ3) is 464. The lowest BCUT2D eigenvalue weighted by molar-refractivity contribution is 0.216. The van der Waals surface area contributed by atoms with E-state index in [2.05, 4.69) is 0 Å². The van der Waals surface area contributed by atoms with Crippen molar-refractivity contribution in [2.24, 2.45) is 0 Å². The summed E-state index contributed by atoms with van der Waals surface area (Å²) >= 11 is 28.8. The van der Waals surface area contributed by atoms with Crippen molar-refractivity contribution in [1.29, 1.82) is 0 Å². The molecule has 0 atom stereocenters. The SMILES string of the molecule is CC(C)O.ClC(Cl)Cl.ClC(Cl)Cl. The van der Waals surface area contributed by atoms with Crippen molar-refractivity contribution in [3.8, 4) is 0 Å². The first-order chi connectivity index (χ1) is 5.20. The van der Waals surface area contributed by atoms with Gasteiger partial charge in [0.25, 0.3) is 0 Å². The van der Waals surface area contributed by atoms with E-state index in [0.29, 0.717) is 0 Å². The highest BCUT2D eigenvalue weighted by Crippen LogP contribution is 2.04. The molecule has 0 aliphatic heterocycles. The van der Waals surface area contributed by atoms with E-state index in [1.165, 1.54) is 0 Å². The topological polar surface area (TPSA) is 20.2 Å². The molecule has 0 aliphatic carbocycles. The third-order valence-electron chi connectivity index (χ3n) is 0. The van der Waals surface area contributed by atoms with Gasteiger partial charge in [-0.2, -0.15) is 0 Å². The quantitative estimate of drug-likeness (QED) is 0.659. The standard InChI is InChI=1S/C3H8O.2CHCl3/c1-3(2)4;2*2-1(3)4/h3-4H,1-2H3;2*1H. The molecule has 0 saturated heterocycles. The van der Waals surface area contributed by atoms with Crippen LogP contribution in [-0.2, 0) is 0 Å². The van der Waals surface area contributed by atoms with Gasteiger partial charge in [0.15, 0.2) is 8.59 Å². The van der Waals surface area contributed by atoms with Crippen molar-refractivity contribution < 1.29 is 5.11 Å². The second-order valence-electron chi connectivity index (χ2n) is 1.59. The smallest absolute Gasteiger partial charge is 0.180 e. The highest BCUT2D eigenvalue weighted by atomic mass is 35.6. The van der Waals surface area contributed by atoms with E-state index in [4.69, 9.17) is 74.7 Å². The van der Waals surface area contributed by atoms with Crippen LogP contribution in [0, 0.1) is 0 Å². The molecule has 0 aromatic carbocycles. The van der Waals surface area contributed by atoms with Crippen LogP contribution in [0.15, 0.2) is 0 Å². The summed E-state index contributed by atoms with van der Waals surface area (Å²) in [6, 6.07) is 0. The highest BCUT2D eigenvalue weighted by molar-refractivity contribution is 6.63. The Morgan fingerprint density at radius 1 is 0.750 bits per heavy atom. The van der Waals surface area contributed by atoms with Crippen molar-refractivity contribution in [2.75, 3.05) is 0 Å². The molecule has 0 amide bonds. The van der Waals surface area contributed by atoms with Crippen LogP contribution in [0.25, 0.3) is 0 Å². The second kappa shape index (κ2) is 15.2. The van der Waals surface area contributed by atoms with E-state index in [-0.39, 0.29) is 6.10 Å². The average Bonchev–Trinajstić information content (AvgIpc) is 1.54. The van der Waals surface area contributed by atoms with Gasteiger partial charge in [0, 0.05) is 6.10 Å². The zero-order chi connectivity index (χ0) is 10.7.